The van der Waals surface area contributed by atoms with Crippen LogP contribution in [-0.4, -0.2) is 12.1 Å². The number of hydrogen-bond acceptors (Lipinski definition) is 3. The van der Waals surface area contributed by atoms with Gasteiger partial charge in [-0.05, 0) is 40.2 Å². The number of methoxy groups -OCH3 is 1. The largest absolute Gasteiger partial charge is 0.497 e. The van der Waals surface area contributed by atoms with Gasteiger partial charge in [0.2, 0.25) is 0 Å². The molecule has 2 rings (SSSR count). The van der Waals surface area contributed by atoms with Crippen LogP contribution in [0.15, 0.2) is 33.6 Å². The molecule has 0 unspecified atom stereocenters. The Morgan fingerprint density at radius 3 is 2.50 bits per heavy atom. The maximum Gasteiger partial charge on any atom is 0.118 e. The molecule has 0 aliphatic heterocycles. The van der Waals surface area contributed by atoms with Crippen molar-refractivity contribution in [3.05, 3.63) is 33.6 Å². The van der Waals surface area contributed by atoms with Crippen molar-refractivity contribution in [3.63, 3.8) is 0 Å². The highest BCUT2D eigenvalue weighted by Gasteiger charge is 2.05. The van der Waals surface area contributed by atoms with Crippen molar-refractivity contribution in [2.24, 2.45) is 0 Å². The molecule has 0 saturated heterocycles. The molecule has 0 radical (unpaired) electrons. The predicted octanol–water partition coefficient (Wildman–Crippen LogP) is 3.58. The second-order valence-electron chi connectivity index (χ2n) is 2.70. The molecule has 4 heteroatoms. The van der Waals surface area contributed by atoms with Gasteiger partial charge in [0, 0.05) is 5.56 Å². The summed E-state index contributed by atoms with van der Waals surface area (Å²) in [4.78, 5) is 4.27. The van der Waals surface area contributed by atoms with Crippen LogP contribution < -0.4 is 4.74 Å². The Labute approximate surface area is 94.7 Å². The van der Waals surface area contributed by atoms with E-state index in [-0.39, 0.29) is 0 Å². The van der Waals surface area contributed by atoms with E-state index in [0.717, 1.165) is 20.8 Å². The van der Waals surface area contributed by atoms with Gasteiger partial charge < -0.3 is 4.74 Å². The van der Waals surface area contributed by atoms with E-state index in [0.29, 0.717) is 0 Å². The van der Waals surface area contributed by atoms with Crippen molar-refractivity contribution in [2.75, 3.05) is 7.11 Å². The summed E-state index contributed by atoms with van der Waals surface area (Å²) in [5, 5.41) is 0. The first kappa shape index (κ1) is 9.68. The van der Waals surface area contributed by atoms with Crippen LogP contribution in [0.5, 0.6) is 5.75 Å². The molecule has 2 aromatic rings. The minimum atomic E-state index is 0.861. The van der Waals surface area contributed by atoms with E-state index >= 15 is 0 Å². The Bertz CT molecular complexity index is 424. The van der Waals surface area contributed by atoms with E-state index in [4.69, 9.17) is 4.74 Å². The quantitative estimate of drug-likeness (QED) is 0.832. The van der Waals surface area contributed by atoms with Gasteiger partial charge in [-0.15, -0.1) is 11.3 Å². The van der Waals surface area contributed by atoms with Crippen LogP contribution in [0.4, 0.5) is 0 Å². The third-order valence-corrected chi connectivity index (χ3v) is 3.44. The average Bonchev–Trinajstić information content (AvgIpc) is 2.65. The SMILES string of the molecule is COc1ccc(-c2ncsc2Br)cc1. The predicted molar refractivity (Wildman–Crippen MR) is 61.8 cm³/mol. The molecule has 2 nitrogen and oxygen atoms in total. The Morgan fingerprint density at radius 1 is 1.29 bits per heavy atom. The van der Waals surface area contributed by atoms with Crippen molar-refractivity contribution >= 4 is 27.3 Å². The first-order valence-electron chi connectivity index (χ1n) is 4.04. The third-order valence-electron chi connectivity index (χ3n) is 1.89. The normalized spacial score (nSPS) is 10.1. The number of aromatic nitrogens is 1. The number of benzene rings is 1. The van der Waals surface area contributed by atoms with Gasteiger partial charge in [0.25, 0.3) is 0 Å². The number of halogens is 1. The zero-order valence-corrected chi connectivity index (χ0v) is 9.93. The molecule has 0 spiro atoms. The molecule has 0 aliphatic rings. The molecule has 1 heterocycles. The lowest BCUT2D eigenvalue weighted by molar-refractivity contribution is 0.415. The Kier molecular flexibility index (Phi) is 2.84. The summed E-state index contributed by atoms with van der Waals surface area (Å²) in [7, 11) is 1.66. The molecule has 0 amide bonds. The number of rotatable bonds is 2. The molecular weight excluding hydrogens is 262 g/mol. The molecule has 0 saturated carbocycles. The van der Waals surface area contributed by atoms with E-state index < -0.39 is 0 Å². The minimum Gasteiger partial charge on any atom is -0.497 e. The number of nitrogens with zero attached hydrogens (tertiary/aromatic N) is 1. The van der Waals surface area contributed by atoms with Crippen LogP contribution in [0.3, 0.4) is 0 Å². The number of ether oxygens (including phenoxy) is 1. The summed E-state index contributed by atoms with van der Waals surface area (Å²) >= 11 is 5.05. The summed E-state index contributed by atoms with van der Waals surface area (Å²) in [5.41, 5.74) is 3.90. The first-order chi connectivity index (χ1) is 6.81. The Hall–Kier alpha value is -0.870. The lowest BCUT2D eigenvalue weighted by atomic mass is 10.2. The zero-order valence-electron chi connectivity index (χ0n) is 7.53. The van der Waals surface area contributed by atoms with E-state index in [9.17, 15) is 0 Å². The summed E-state index contributed by atoms with van der Waals surface area (Å²) in [5.74, 6) is 0.861. The number of thiazole rings is 1. The number of hydrogen-bond donors (Lipinski definition) is 0. The molecular formula is C10H8BrNOS. The molecule has 14 heavy (non-hydrogen) atoms. The second kappa shape index (κ2) is 4.11. The van der Waals surface area contributed by atoms with Gasteiger partial charge >= 0.3 is 0 Å². The smallest absolute Gasteiger partial charge is 0.118 e. The van der Waals surface area contributed by atoms with Crippen LogP contribution in [0.1, 0.15) is 0 Å². The molecule has 0 atom stereocenters. The monoisotopic (exact) mass is 269 g/mol. The van der Waals surface area contributed by atoms with E-state index in [1.807, 2.05) is 29.8 Å². The Morgan fingerprint density at radius 2 is 2.00 bits per heavy atom. The maximum atomic E-state index is 5.09. The summed E-state index contributed by atoms with van der Waals surface area (Å²) in [6.45, 7) is 0. The van der Waals surface area contributed by atoms with Gasteiger partial charge in [-0.2, -0.15) is 0 Å². The molecule has 0 aliphatic carbocycles. The van der Waals surface area contributed by atoms with Crippen molar-refractivity contribution in [1.82, 2.24) is 4.98 Å². The van der Waals surface area contributed by atoms with Gasteiger partial charge in [0.05, 0.1) is 22.1 Å². The Balaban J connectivity index is 2.39. The van der Waals surface area contributed by atoms with Gasteiger partial charge in [-0.25, -0.2) is 4.98 Å². The van der Waals surface area contributed by atoms with Crippen molar-refractivity contribution < 1.29 is 4.74 Å². The van der Waals surface area contributed by atoms with Crippen molar-refractivity contribution in [2.45, 2.75) is 0 Å². The highest BCUT2D eigenvalue weighted by atomic mass is 79.9. The van der Waals surface area contributed by atoms with Crippen molar-refractivity contribution in [3.8, 4) is 17.0 Å². The third kappa shape index (κ3) is 1.81. The van der Waals surface area contributed by atoms with E-state index in [2.05, 4.69) is 20.9 Å². The highest BCUT2D eigenvalue weighted by Crippen LogP contribution is 2.30. The standard InChI is InChI=1S/C10H8BrNOS/c1-13-8-4-2-7(3-5-8)9-10(11)14-6-12-9/h2-6H,1H3. The zero-order chi connectivity index (χ0) is 9.97. The van der Waals surface area contributed by atoms with Crippen LogP contribution >= 0.6 is 27.3 Å². The molecule has 72 valence electrons. The maximum absolute atomic E-state index is 5.09. The fraction of sp³-hybridized carbons (Fsp3) is 0.100. The minimum absolute atomic E-state index is 0.861. The van der Waals surface area contributed by atoms with Crippen LogP contribution in [0, 0.1) is 0 Å². The molecule has 1 aromatic carbocycles. The van der Waals surface area contributed by atoms with Gasteiger partial charge in [-0.3, -0.25) is 0 Å². The van der Waals surface area contributed by atoms with Gasteiger partial charge in [0.15, 0.2) is 0 Å². The lowest BCUT2D eigenvalue weighted by Crippen LogP contribution is -1.82. The van der Waals surface area contributed by atoms with Crippen LogP contribution in [0.25, 0.3) is 11.3 Å². The van der Waals surface area contributed by atoms with E-state index in [1.165, 1.54) is 0 Å². The fourth-order valence-electron chi connectivity index (χ4n) is 1.17. The summed E-state index contributed by atoms with van der Waals surface area (Å²) < 4.78 is 6.15. The summed E-state index contributed by atoms with van der Waals surface area (Å²) in [6, 6.07) is 7.86. The fourth-order valence-corrected chi connectivity index (χ4v) is 2.28. The second-order valence-corrected chi connectivity index (χ2v) is 4.88. The molecule has 0 fully saturated rings. The first-order valence-corrected chi connectivity index (χ1v) is 5.72. The highest BCUT2D eigenvalue weighted by molar-refractivity contribution is 9.11. The van der Waals surface area contributed by atoms with Gasteiger partial charge in [0.1, 0.15) is 5.75 Å². The van der Waals surface area contributed by atoms with Crippen LogP contribution in [0.2, 0.25) is 0 Å². The topological polar surface area (TPSA) is 22.1 Å². The van der Waals surface area contributed by atoms with Gasteiger partial charge in [-0.1, -0.05) is 0 Å². The molecule has 0 bridgehead atoms. The van der Waals surface area contributed by atoms with E-state index in [1.54, 1.807) is 18.4 Å². The van der Waals surface area contributed by atoms with Crippen molar-refractivity contribution in [1.29, 1.82) is 0 Å². The molecule has 0 N–H and O–H groups in total. The molecule has 1 aromatic heterocycles. The average molecular weight is 270 g/mol. The van der Waals surface area contributed by atoms with Crippen LogP contribution in [-0.2, 0) is 0 Å². The summed E-state index contributed by atoms with van der Waals surface area (Å²) in [6.07, 6.45) is 0. The lowest BCUT2D eigenvalue weighted by Gasteiger charge is -2.01.